The smallest absolute Gasteiger partial charge is 0.227 e. The first-order valence-electron chi connectivity index (χ1n) is 14.1. The molecule has 1 fully saturated rings. The highest BCUT2D eigenvalue weighted by atomic mass is 16.1. The molecule has 1 aliphatic carbocycles. The monoisotopic (exact) mass is 543 g/mol. The van der Waals surface area contributed by atoms with Gasteiger partial charge in [-0.25, -0.2) is 0 Å². The molecule has 0 aliphatic heterocycles. The Morgan fingerprint density at radius 1 is 1.02 bits per heavy atom. The molecule has 41 heavy (non-hydrogen) atoms. The largest absolute Gasteiger partial charge is 0.385 e. The maximum Gasteiger partial charge on any atom is 0.227 e. The molecule has 206 valence electrons. The van der Waals surface area contributed by atoms with Gasteiger partial charge in [-0.2, -0.15) is 5.10 Å². The van der Waals surface area contributed by atoms with E-state index in [2.05, 4.69) is 36.5 Å². The van der Waals surface area contributed by atoms with Crippen LogP contribution in [0.2, 0.25) is 0 Å². The SMILES string of the molecule is CC=C/C=C(/c1cccnc1)c1cc(-c2n[nH]c3ccc(-c4cncc(NC(=O)C5CCCCC5)c4)cc23)[nH]c1N. The molecule has 8 nitrogen and oxygen atoms in total. The van der Waals surface area contributed by atoms with Gasteiger partial charge in [0.1, 0.15) is 11.5 Å². The zero-order valence-corrected chi connectivity index (χ0v) is 23.0. The second-order valence-electron chi connectivity index (χ2n) is 10.5. The van der Waals surface area contributed by atoms with E-state index in [-0.39, 0.29) is 11.8 Å². The molecule has 0 atom stereocenters. The second kappa shape index (κ2) is 11.6. The summed E-state index contributed by atoms with van der Waals surface area (Å²) in [5, 5.41) is 11.8. The number of H-pyrrole nitrogens is 2. The minimum absolute atomic E-state index is 0.0851. The predicted octanol–water partition coefficient (Wildman–Crippen LogP) is 7.12. The van der Waals surface area contributed by atoms with E-state index in [1.807, 2.05) is 73.9 Å². The topological polar surface area (TPSA) is 125 Å². The van der Waals surface area contributed by atoms with E-state index in [0.717, 1.165) is 75.8 Å². The van der Waals surface area contributed by atoms with Crippen molar-refractivity contribution < 1.29 is 4.79 Å². The zero-order valence-electron chi connectivity index (χ0n) is 23.0. The van der Waals surface area contributed by atoms with Crippen molar-refractivity contribution in [3.8, 4) is 22.5 Å². The number of aromatic amines is 2. The van der Waals surface area contributed by atoms with Gasteiger partial charge >= 0.3 is 0 Å². The summed E-state index contributed by atoms with van der Waals surface area (Å²) in [5.41, 5.74) is 14.4. The summed E-state index contributed by atoms with van der Waals surface area (Å²) >= 11 is 0. The normalized spacial score (nSPS) is 14.6. The summed E-state index contributed by atoms with van der Waals surface area (Å²) in [6.07, 6.45) is 18.5. The van der Waals surface area contributed by atoms with Crippen molar-refractivity contribution >= 4 is 33.9 Å². The first-order chi connectivity index (χ1) is 20.1. The zero-order chi connectivity index (χ0) is 28.2. The number of nitrogens with zero attached hydrogens (tertiary/aromatic N) is 3. The van der Waals surface area contributed by atoms with Gasteiger partial charge in [-0.05, 0) is 61.2 Å². The molecule has 1 aliphatic rings. The number of hydrogen-bond donors (Lipinski definition) is 4. The van der Waals surface area contributed by atoms with Gasteiger partial charge < -0.3 is 16.0 Å². The molecular formula is C33H33N7O. The van der Waals surface area contributed by atoms with Gasteiger partial charge in [-0.1, -0.05) is 49.6 Å². The number of nitrogens with two attached hydrogens (primary N) is 1. The van der Waals surface area contributed by atoms with Crippen LogP contribution in [0.15, 0.2) is 85.5 Å². The second-order valence-corrected chi connectivity index (χ2v) is 10.5. The van der Waals surface area contributed by atoms with Crippen molar-refractivity contribution in [2.24, 2.45) is 5.92 Å². The molecule has 5 aromatic rings. The van der Waals surface area contributed by atoms with E-state index in [1.54, 1.807) is 12.4 Å². The van der Waals surface area contributed by atoms with E-state index in [0.29, 0.717) is 11.5 Å². The van der Waals surface area contributed by atoms with Crippen LogP contribution in [0.25, 0.3) is 39.0 Å². The van der Waals surface area contributed by atoms with E-state index in [1.165, 1.54) is 6.42 Å². The van der Waals surface area contributed by atoms with Crippen molar-refractivity contribution in [1.29, 1.82) is 0 Å². The summed E-state index contributed by atoms with van der Waals surface area (Å²) in [5.74, 6) is 0.727. The number of carbonyl (C=O) groups excluding carboxylic acids is 1. The summed E-state index contributed by atoms with van der Waals surface area (Å²) < 4.78 is 0. The third-order valence-corrected chi connectivity index (χ3v) is 7.70. The molecular weight excluding hydrogens is 510 g/mol. The van der Waals surface area contributed by atoms with Crippen LogP contribution in [0.3, 0.4) is 0 Å². The molecule has 0 spiro atoms. The number of anilines is 2. The molecule has 0 unspecified atom stereocenters. The lowest BCUT2D eigenvalue weighted by Gasteiger charge is -2.20. The highest BCUT2D eigenvalue weighted by Crippen LogP contribution is 2.35. The van der Waals surface area contributed by atoms with Crippen molar-refractivity contribution in [3.05, 3.63) is 96.6 Å². The Bertz CT molecular complexity index is 1740. The molecule has 1 aromatic carbocycles. The number of nitrogens with one attached hydrogen (secondary N) is 3. The van der Waals surface area contributed by atoms with Crippen LogP contribution in [-0.2, 0) is 4.79 Å². The van der Waals surface area contributed by atoms with Gasteiger partial charge in [-0.15, -0.1) is 0 Å². The molecule has 0 bridgehead atoms. The Morgan fingerprint density at radius 3 is 2.71 bits per heavy atom. The molecule has 4 heterocycles. The summed E-state index contributed by atoms with van der Waals surface area (Å²) in [6.45, 7) is 1.98. The minimum atomic E-state index is 0.0851. The predicted molar refractivity (Wildman–Crippen MR) is 165 cm³/mol. The third kappa shape index (κ3) is 5.54. The van der Waals surface area contributed by atoms with E-state index in [9.17, 15) is 4.79 Å². The fraction of sp³-hybridized carbons (Fsp3) is 0.212. The number of rotatable bonds is 7. The van der Waals surface area contributed by atoms with Gasteiger partial charge in [0.15, 0.2) is 0 Å². The van der Waals surface area contributed by atoms with Crippen LogP contribution >= 0.6 is 0 Å². The lowest BCUT2D eigenvalue weighted by Crippen LogP contribution is -2.24. The molecule has 1 amide bonds. The number of benzene rings is 1. The molecule has 0 radical (unpaired) electrons. The number of amides is 1. The van der Waals surface area contributed by atoms with Gasteiger partial charge in [0.05, 0.1) is 23.1 Å². The Morgan fingerprint density at radius 2 is 1.90 bits per heavy atom. The Hall–Kier alpha value is -4.98. The van der Waals surface area contributed by atoms with Crippen LogP contribution < -0.4 is 11.1 Å². The fourth-order valence-electron chi connectivity index (χ4n) is 5.55. The molecule has 5 N–H and O–H groups in total. The highest BCUT2D eigenvalue weighted by Gasteiger charge is 2.21. The van der Waals surface area contributed by atoms with Crippen LogP contribution in [0.1, 0.15) is 50.2 Å². The number of allylic oxidation sites excluding steroid dienone is 3. The lowest BCUT2D eigenvalue weighted by molar-refractivity contribution is -0.120. The van der Waals surface area contributed by atoms with Crippen LogP contribution in [0.4, 0.5) is 11.5 Å². The number of aromatic nitrogens is 5. The van der Waals surface area contributed by atoms with Crippen LogP contribution in [-0.4, -0.2) is 31.1 Å². The Labute approximate surface area is 238 Å². The molecule has 1 saturated carbocycles. The average Bonchev–Trinajstić information content (AvgIpc) is 3.61. The van der Waals surface area contributed by atoms with E-state index < -0.39 is 0 Å². The highest BCUT2D eigenvalue weighted by molar-refractivity contribution is 5.97. The molecule has 0 saturated heterocycles. The van der Waals surface area contributed by atoms with E-state index >= 15 is 0 Å². The minimum Gasteiger partial charge on any atom is -0.385 e. The molecule has 4 aromatic heterocycles. The first-order valence-corrected chi connectivity index (χ1v) is 14.1. The van der Waals surface area contributed by atoms with E-state index in [4.69, 9.17) is 5.73 Å². The maximum atomic E-state index is 12.8. The van der Waals surface area contributed by atoms with Crippen LogP contribution in [0.5, 0.6) is 0 Å². The summed E-state index contributed by atoms with van der Waals surface area (Å²) in [6, 6.07) is 14.1. The van der Waals surface area contributed by atoms with Crippen molar-refractivity contribution in [1.82, 2.24) is 25.1 Å². The Balaban J connectivity index is 1.32. The number of nitrogen functional groups attached to an aromatic ring is 1. The van der Waals surface area contributed by atoms with Crippen molar-refractivity contribution in [2.45, 2.75) is 39.0 Å². The number of fused-ring (bicyclic) bond motifs is 1. The van der Waals surface area contributed by atoms with Crippen LogP contribution in [0, 0.1) is 5.92 Å². The summed E-state index contributed by atoms with van der Waals surface area (Å²) in [4.78, 5) is 24.9. The number of carbonyl (C=O) groups is 1. The van der Waals surface area contributed by atoms with Crippen molar-refractivity contribution in [2.75, 3.05) is 11.1 Å². The Kier molecular flexibility index (Phi) is 7.45. The van der Waals surface area contributed by atoms with Gasteiger partial charge in [-0.3, -0.25) is 19.9 Å². The number of pyridine rings is 2. The number of hydrogen-bond acceptors (Lipinski definition) is 5. The summed E-state index contributed by atoms with van der Waals surface area (Å²) in [7, 11) is 0. The van der Waals surface area contributed by atoms with Crippen molar-refractivity contribution in [3.63, 3.8) is 0 Å². The lowest BCUT2D eigenvalue weighted by atomic mass is 9.88. The average molecular weight is 544 g/mol. The van der Waals surface area contributed by atoms with Gasteiger partial charge in [0.25, 0.3) is 0 Å². The standard InChI is InChI=1S/C33H33N7O/c1-2-3-11-26(23-10-7-14-35-18-23)27-17-30(38-32(27)34)31-28-16-22(12-13-29(28)39-40-31)24-15-25(20-36-19-24)37-33(41)21-8-5-4-6-9-21/h2-3,7,10-21,38H,4-6,8-9,34H2,1H3,(H,37,41)(H,39,40)/b3-2?,26-11-. The molecule has 6 rings (SSSR count). The molecule has 8 heteroatoms. The maximum absolute atomic E-state index is 12.8. The van der Waals surface area contributed by atoms with Gasteiger partial charge in [0.2, 0.25) is 5.91 Å². The van der Waals surface area contributed by atoms with Gasteiger partial charge in [0, 0.05) is 46.6 Å². The third-order valence-electron chi connectivity index (χ3n) is 7.70. The quantitative estimate of drug-likeness (QED) is 0.163. The fourth-order valence-corrected chi connectivity index (χ4v) is 5.55. The first kappa shape index (κ1) is 26.3.